The fourth-order valence-electron chi connectivity index (χ4n) is 2.20. The maximum absolute atomic E-state index is 5.79. The molecule has 0 spiro atoms. The van der Waals surface area contributed by atoms with Crippen LogP contribution in [0.2, 0.25) is 0 Å². The Labute approximate surface area is 118 Å². The zero-order valence-corrected chi connectivity index (χ0v) is 12.7. The third kappa shape index (κ3) is 3.70. The third-order valence-corrected chi connectivity index (χ3v) is 3.88. The van der Waals surface area contributed by atoms with Gasteiger partial charge in [-0.2, -0.15) is 0 Å². The lowest BCUT2D eigenvalue weighted by atomic mass is 10.2. The number of benzene rings is 1. The first kappa shape index (κ1) is 13.8. The molecule has 18 heavy (non-hydrogen) atoms. The molecular weight excluding hydrogens is 292 g/mol. The van der Waals surface area contributed by atoms with Crippen LogP contribution in [0.3, 0.4) is 0 Å². The van der Waals surface area contributed by atoms with Gasteiger partial charge in [0.05, 0.1) is 12.7 Å². The molecule has 1 N–H and O–H groups in total. The Kier molecular flexibility index (Phi) is 5.03. The Morgan fingerprint density at radius 2 is 2.33 bits per heavy atom. The lowest BCUT2D eigenvalue weighted by Gasteiger charge is -2.32. The highest BCUT2D eigenvalue weighted by Gasteiger charge is 2.18. The van der Waals surface area contributed by atoms with E-state index < -0.39 is 0 Å². The standard InChI is InChI=1S/C14H21BrN2O/c1-3-17-6-7-18-13(10-17)9-16-14-8-12(15)5-4-11(14)2/h4-5,8,13,16H,3,6-7,9-10H2,1-2H3. The van der Waals surface area contributed by atoms with E-state index in [1.807, 2.05) is 0 Å². The van der Waals surface area contributed by atoms with Gasteiger partial charge < -0.3 is 10.1 Å². The highest BCUT2D eigenvalue weighted by Crippen LogP contribution is 2.20. The first-order valence-corrected chi connectivity index (χ1v) is 7.32. The van der Waals surface area contributed by atoms with Gasteiger partial charge in [0.2, 0.25) is 0 Å². The molecule has 1 unspecified atom stereocenters. The monoisotopic (exact) mass is 312 g/mol. The summed E-state index contributed by atoms with van der Waals surface area (Å²) in [5, 5.41) is 3.49. The minimum atomic E-state index is 0.289. The van der Waals surface area contributed by atoms with Gasteiger partial charge in [-0.3, -0.25) is 4.90 Å². The van der Waals surface area contributed by atoms with Crippen LogP contribution < -0.4 is 5.32 Å². The van der Waals surface area contributed by atoms with Gasteiger partial charge in [0.1, 0.15) is 0 Å². The molecule has 0 saturated carbocycles. The van der Waals surface area contributed by atoms with Crippen molar-refractivity contribution in [1.29, 1.82) is 0 Å². The third-order valence-electron chi connectivity index (χ3n) is 3.39. The Hall–Kier alpha value is -0.580. The van der Waals surface area contributed by atoms with E-state index in [0.29, 0.717) is 0 Å². The van der Waals surface area contributed by atoms with Crippen molar-refractivity contribution in [3.8, 4) is 0 Å². The van der Waals surface area contributed by atoms with Crippen LogP contribution in [-0.2, 0) is 4.74 Å². The average molecular weight is 313 g/mol. The van der Waals surface area contributed by atoms with Crippen LogP contribution in [0, 0.1) is 6.92 Å². The zero-order valence-electron chi connectivity index (χ0n) is 11.1. The maximum atomic E-state index is 5.79. The molecule has 100 valence electrons. The number of rotatable bonds is 4. The van der Waals surface area contributed by atoms with E-state index in [9.17, 15) is 0 Å². The number of morpholine rings is 1. The fourth-order valence-corrected chi connectivity index (χ4v) is 2.56. The molecule has 1 heterocycles. The molecule has 1 aromatic rings. The lowest BCUT2D eigenvalue weighted by Crippen LogP contribution is -2.45. The van der Waals surface area contributed by atoms with Crippen molar-refractivity contribution in [2.45, 2.75) is 20.0 Å². The van der Waals surface area contributed by atoms with E-state index in [2.05, 4.69) is 58.2 Å². The molecule has 1 saturated heterocycles. The summed E-state index contributed by atoms with van der Waals surface area (Å²) in [6.45, 7) is 9.23. The molecule has 0 radical (unpaired) electrons. The molecule has 0 amide bonds. The van der Waals surface area contributed by atoms with Crippen LogP contribution in [0.5, 0.6) is 0 Å². The predicted octanol–water partition coefficient (Wildman–Crippen LogP) is 2.89. The Balaban J connectivity index is 1.89. The highest BCUT2D eigenvalue weighted by molar-refractivity contribution is 9.10. The van der Waals surface area contributed by atoms with Crippen LogP contribution in [-0.4, -0.2) is 43.8 Å². The molecular formula is C14H21BrN2O. The maximum Gasteiger partial charge on any atom is 0.0874 e. The first-order valence-electron chi connectivity index (χ1n) is 6.53. The molecule has 0 aliphatic carbocycles. The van der Waals surface area contributed by atoms with Crippen LogP contribution in [0.1, 0.15) is 12.5 Å². The number of likely N-dealkylation sites (N-methyl/N-ethyl adjacent to an activating group) is 1. The van der Waals surface area contributed by atoms with Crippen molar-refractivity contribution in [3.63, 3.8) is 0 Å². The molecule has 1 aromatic carbocycles. The van der Waals surface area contributed by atoms with E-state index in [0.717, 1.165) is 37.3 Å². The van der Waals surface area contributed by atoms with Crippen molar-refractivity contribution < 1.29 is 4.74 Å². The molecule has 1 fully saturated rings. The highest BCUT2D eigenvalue weighted by atomic mass is 79.9. The van der Waals surface area contributed by atoms with Crippen molar-refractivity contribution in [3.05, 3.63) is 28.2 Å². The minimum absolute atomic E-state index is 0.289. The minimum Gasteiger partial charge on any atom is -0.382 e. The molecule has 1 atom stereocenters. The van der Waals surface area contributed by atoms with E-state index in [1.165, 1.54) is 11.3 Å². The summed E-state index contributed by atoms with van der Waals surface area (Å²) in [4.78, 5) is 2.43. The summed E-state index contributed by atoms with van der Waals surface area (Å²) in [6, 6.07) is 6.30. The van der Waals surface area contributed by atoms with E-state index in [4.69, 9.17) is 4.74 Å². The Morgan fingerprint density at radius 1 is 1.50 bits per heavy atom. The second-order valence-corrected chi connectivity index (χ2v) is 5.64. The number of nitrogens with zero attached hydrogens (tertiary/aromatic N) is 1. The van der Waals surface area contributed by atoms with Crippen LogP contribution in [0.4, 0.5) is 5.69 Å². The van der Waals surface area contributed by atoms with Crippen molar-refractivity contribution >= 4 is 21.6 Å². The van der Waals surface area contributed by atoms with Crippen LogP contribution in [0.25, 0.3) is 0 Å². The number of halogens is 1. The second kappa shape index (κ2) is 6.55. The van der Waals surface area contributed by atoms with Gasteiger partial charge in [-0.05, 0) is 31.2 Å². The van der Waals surface area contributed by atoms with E-state index in [-0.39, 0.29) is 6.10 Å². The fraction of sp³-hybridized carbons (Fsp3) is 0.571. The molecule has 3 nitrogen and oxygen atoms in total. The summed E-state index contributed by atoms with van der Waals surface area (Å²) in [5.74, 6) is 0. The van der Waals surface area contributed by atoms with Gasteiger partial charge in [0.15, 0.2) is 0 Å². The van der Waals surface area contributed by atoms with Gasteiger partial charge >= 0.3 is 0 Å². The number of ether oxygens (including phenoxy) is 1. The molecule has 0 aromatic heterocycles. The van der Waals surface area contributed by atoms with Gasteiger partial charge in [-0.25, -0.2) is 0 Å². The summed E-state index contributed by atoms with van der Waals surface area (Å²) in [5.41, 5.74) is 2.45. The van der Waals surface area contributed by atoms with Crippen LogP contribution >= 0.6 is 15.9 Å². The van der Waals surface area contributed by atoms with Crippen molar-refractivity contribution in [2.75, 3.05) is 38.1 Å². The van der Waals surface area contributed by atoms with Crippen molar-refractivity contribution in [2.24, 2.45) is 0 Å². The summed E-state index contributed by atoms with van der Waals surface area (Å²) in [7, 11) is 0. The number of hydrogen-bond acceptors (Lipinski definition) is 3. The van der Waals surface area contributed by atoms with Gasteiger partial charge in [-0.15, -0.1) is 0 Å². The normalized spacial score (nSPS) is 20.9. The SMILES string of the molecule is CCN1CCOC(CNc2cc(Br)ccc2C)C1. The van der Waals surface area contributed by atoms with Crippen LogP contribution in [0.15, 0.2) is 22.7 Å². The number of hydrogen-bond donors (Lipinski definition) is 1. The molecule has 0 bridgehead atoms. The van der Waals surface area contributed by atoms with Gasteiger partial charge in [0, 0.05) is 29.8 Å². The summed E-state index contributed by atoms with van der Waals surface area (Å²) >= 11 is 3.50. The average Bonchev–Trinajstić information content (AvgIpc) is 2.40. The van der Waals surface area contributed by atoms with Gasteiger partial charge in [-0.1, -0.05) is 28.9 Å². The molecule has 1 aliphatic rings. The zero-order chi connectivity index (χ0) is 13.0. The van der Waals surface area contributed by atoms with E-state index in [1.54, 1.807) is 0 Å². The number of aryl methyl sites for hydroxylation is 1. The van der Waals surface area contributed by atoms with E-state index >= 15 is 0 Å². The largest absolute Gasteiger partial charge is 0.382 e. The quantitative estimate of drug-likeness (QED) is 0.925. The Morgan fingerprint density at radius 3 is 3.11 bits per heavy atom. The summed E-state index contributed by atoms with van der Waals surface area (Å²) < 4.78 is 6.89. The number of nitrogens with one attached hydrogen (secondary N) is 1. The smallest absolute Gasteiger partial charge is 0.0874 e. The lowest BCUT2D eigenvalue weighted by molar-refractivity contribution is -0.0191. The number of anilines is 1. The summed E-state index contributed by atoms with van der Waals surface area (Å²) in [6.07, 6.45) is 0.289. The topological polar surface area (TPSA) is 24.5 Å². The Bertz CT molecular complexity index is 397. The molecule has 4 heteroatoms. The predicted molar refractivity (Wildman–Crippen MR) is 79.2 cm³/mol. The molecule has 1 aliphatic heterocycles. The molecule has 2 rings (SSSR count). The first-order chi connectivity index (χ1) is 8.69. The van der Waals surface area contributed by atoms with Crippen molar-refractivity contribution in [1.82, 2.24) is 4.90 Å². The second-order valence-electron chi connectivity index (χ2n) is 4.73. The van der Waals surface area contributed by atoms with Gasteiger partial charge in [0.25, 0.3) is 0 Å².